The molecule has 0 aromatic heterocycles. The highest BCUT2D eigenvalue weighted by molar-refractivity contribution is 8.18. The van der Waals surface area contributed by atoms with Gasteiger partial charge in [-0.1, -0.05) is 18.2 Å². The average molecular weight is 490 g/mol. The maximum Gasteiger partial charge on any atom is 0.269 e. The molecule has 1 saturated heterocycles. The van der Waals surface area contributed by atoms with E-state index in [-0.39, 0.29) is 18.2 Å². The Kier molecular flexibility index (Phi) is 7.17. The first kappa shape index (κ1) is 24.0. The van der Waals surface area contributed by atoms with E-state index in [0.29, 0.717) is 21.6 Å². The number of carbonyl (C=O) groups is 1. The predicted octanol–water partition coefficient (Wildman–Crippen LogP) is 5.69. The molecule has 8 nitrogen and oxygen atoms in total. The summed E-state index contributed by atoms with van der Waals surface area (Å²) in [6.45, 7) is 4.21. The quantitative estimate of drug-likeness (QED) is 0.260. The number of methoxy groups -OCH3 is 1. The number of nitro benzene ring substituents is 1. The second-order valence-electron chi connectivity index (χ2n) is 7.89. The summed E-state index contributed by atoms with van der Waals surface area (Å²) < 4.78 is 11.3. The molecule has 4 rings (SSSR count). The standard InChI is InChI=1S/C26H23N3O5S/c1-16-4-5-17(2)21(12-16)27-26-28-25(30)24(35-26)14-19-8-11-22(23(13-19)33-3)34-15-18-6-9-20(10-7-18)29(31)32/h4-14H,15H2,1-3H3,(H,27,28,30)/b24-14-. The van der Waals surface area contributed by atoms with E-state index in [2.05, 4.69) is 10.3 Å². The molecule has 0 radical (unpaired) electrons. The number of non-ortho nitro benzene ring substituents is 1. The number of nitrogens with zero attached hydrogens (tertiary/aromatic N) is 2. The Labute approximate surface area is 206 Å². The van der Waals surface area contributed by atoms with Crippen LogP contribution in [0.4, 0.5) is 11.4 Å². The van der Waals surface area contributed by atoms with Crippen LogP contribution in [0.15, 0.2) is 70.6 Å². The van der Waals surface area contributed by atoms with Crippen LogP contribution in [0.1, 0.15) is 22.3 Å². The number of hydrogen-bond acceptors (Lipinski definition) is 7. The first-order chi connectivity index (χ1) is 16.8. The third-order valence-electron chi connectivity index (χ3n) is 5.26. The van der Waals surface area contributed by atoms with Crippen molar-refractivity contribution >= 4 is 40.3 Å². The van der Waals surface area contributed by atoms with Crippen LogP contribution in [0.5, 0.6) is 11.5 Å². The maximum atomic E-state index is 12.5. The number of aryl methyl sites for hydroxylation is 2. The minimum absolute atomic E-state index is 0.0276. The second-order valence-corrected chi connectivity index (χ2v) is 8.92. The van der Waals surface area contributed by atoms with E-state index in [4.69, 9.17) is 9.47 Å². The van der Waals surface area contributed by atoms with Crippen molar-refractivity contribution in [3.8, 4) is 11.5 Å². The summed E-state index contributed by atoms with van der Waals surface area (Å²) in [7, 11) is 1.54. The van der Waals surface area contributed by atoms with E-state index in [1.807, 2.05) is 38.1 Å². The number of rotatable bonds is 7. The molecule has 35 heavy (non-hydrogen) atoms. The van der Waals surface area contributed by atoms with Crippen LogP contribution in [0.3, 0.4) is 0 Å². The van der Waals surface area contributed by atoms with E-state index < -0.39 is 4.92 Å². The van der Waals surface area contributed by atoms with Crippen molar-refractivity contribution in [3.63, 3.8) is 0 Å². The SMILES string of the molecule is COc1cc(/C=C2\SC(=Nc3cc(C)ccc3C)NC2=O)ccc1OCc1ccc([N+](=O)[O-])cc1. The highest BCUT2D eigenvalue weighted by Gasteiger charge is 2.24. The molecule has 9 heteroatoms. The molecule has 1 aliphatic heterocycles. The number of nitrogens with one attached hydrogen (secondary N) is 1. The van der Waals surface area contributed by atoms with E-state index in [0.717, 1.165) is 27.9 Å². The molecule has 0 spiro atoms. The number of nitro groups is 1. The normalized spacial score (nSPS) is 15.3. The van der Waals surface area contributed by atoms with Crippen molar-refractivity contribution in [1.29, 1.82) is 0 Å². The summed E-state index contributed by atoms with van der Waals surface area (Å²) in [6.07, 6.45) is 1.77. The van der Waals surface area contributed by atoms with Crippen LogP contribution in [0.25, 0.3) is 6.08 Å². The van der Waals surface area contributed by atoms with Crippen molar-refractivity contribution in [3.05, 3.63) is 97.9 Å². The van der Waals surface area contributed by atoms with Gasteiger partial charge in [-0.3, -0.25) is 14.9 Å². The number of carbonyl (C=O) groups excluding carboxylic acids is 1. The molecule has 1 aliphatic rings. The molecule has 1 N–H and O–H groups in total. The lowest BCUT2D eigenvalue weighted by Gasteiger charge is -2.11. The van der Waals surface area contributed by atoms with Gasteiger partial charge in [-0.05, 0) is 84.3 Å². The minimum atomic E-state index is -0.442. The highest BCUT2D eigenvalue weighted by atomic mass is 32.2. The van der Waals surface area contributed by atoms with E-state index in [9.17, 15) is 14.9 Å². The third-order valence-corrected chi connectivity index (χ3v) is 6.17. The summed E-state index contributed by atoms with van der Waals surface area (Å²) >= 11 is 1.28. The van der Waals surface area contributed by atoms with Crippen LogP contribution < -0.4 is 14.8 Å². The van der Waals surface area contributed by atoms with Gasteiger partial charge in [-0.25, -0.2) is 4.99 Å². The topological polar surface area (TPSA) is 103 Å². The fourth-order valence-corrected chi connectivity index (χ4v) is 4.18. The van der Waals surface area contributed by atoms with Crippen LogP contribution in [-0.4, -0.2) is 23.1 Å². The highest BCUT2D eigenvalue weighted by Crippen LogP contribution is 2.33. The van der Waals surface area contributed by atoms with Crippen molar-refractivity contribution in [2.24, 2.45) is 4.99 Å². The van der Waals surface area contributed by atoms with Gasteiger partial charge in [0.05, 0.1) is 22.6 Å². The fourth-order valence-electron chi connectivity index (χ4n) is 3.35. The van der Waals surface area contributed by atoms with Gasteiger partial charge in [0.2, 0.25) is 0 Å². The van der Waals surface area contributed by atoms with Crippen LogP contribution in [0.2, 0.25) is 0 Å². The van der Waals surface area contributed by atoms with Crippen molar-refractivity contribution < 1.29 is 19.2 Å². The summed E-state index contributed by atoms with van der Waals surface area (Å²) in [5.74, 6) is 0.819. The fraction of sp³-hybridized carbons (Fsp3) is 0.154. The predicted molar refractivity (Wildman–Crippen MR) is 137 cm³/mol. The second kappa shape index (κ2) is 10.4. The number of hydrogen-bond donors (Lipinski definition) is 1. The van der Waals surface area contributed by atoms with Crippen LogP contribution >= 0.6 is 11.8 Å². The molecule has 0 aliphatic carbocycles. The summed E-state index contributed by atoms with van der Waals surface area (Å²) in [6, 6.07) is 17.6. The van der Waals surface area contributed by atoms with Crippen LogP contribution in [-0.2, 0) is 11.4 Å². The van der Waals surface area contributed by atoms with Crippen molar-refractivity contribution in [1.82, 2.24) is 5.32 Å². The summed E-state index contributed by atoms with van der Waals surface area (Å²) in [4.78, 5) is 28.0. The maximum absolute atomic E-state index is 12.5. The first-order valence-electron chi connectivity index (χ1n) is 10.7. The smallest absolute Gasteiger partial charge is 0.269 e. The Morgan fingerprint density at radius 1 is 1.06 bits per heavy atom. The number of thioether (sulfide) groups is 1. The van der Waals surface area contributed by atoms with Gasteiger partial charge >= 0.3 is 0 Å². The minimum Gasteiger partial charge on any atom is -0.493 e. The van der Waals surface area contributed by atoms with Crippen molar-refractivity contribution in [2.45, 2.75) is 20.5 Å². The molecular formula is C26H23N3O5S. The zero-order chi connectivity index (χ0) is 24.9. The van der Waals surface area contributed by atoms with E-state index >= 15 is 0 Å². The van der Waals surface area contributed by atoms with E-state index in [1.165, 1.54) is 31.0 Å². The molecule has 178 valence electrons. The molecule has 0 bridgehead atoms. The largest absolute Gasteiger partial charge is 0.493 e. The Balaban J connectivity index is 1.48. The van der Waals surface area contributed by atoms with E-state index in [1.54, 1.807) is 30.3 Å². The zero-order valence-corrected chi connectivity index (χ0v) is 20.2. The van der Waals surface area contributed by atoms with Crippen molar-refractivity contribution in [2.75, 3.05) is 7.11 Å². The summed E-state index contributed by atoms with van der Waals surface area (Å²) in [5.41, 5.74) is 4.55. The van der Waals surface area contributed by atoms with Gasteiger partial charge in [-0.15, -0.1) is 0 Å². The molecule has 1 amide bonds. The first-order valence-corrected chi connectivity index (χ1v) is 11.5. The Bertz CT molecular complexity index is 1350. The van der Waals surface area contributed by atoms with Gasteiger partial charge in [-0.2, -0.15) is 0 Å². The average Bonchev–Trinajstić information content (AvgIpc) is 3.19. The lowest BCUT2D eigenvalue weighted by molar-refractivity contribution is -0.384. The Morgan fingerprint density at radius 2 is 1.83 bits per heavy atom. The monoisotopic (exact) mass is 489 g/mol. The molecule has 1 heterocycles. The molecule has 1 fully saturated rings. The number of amides is 1. The molecule has 3 aromatic rings. The third kappa shape index (κ3) is 5.88. The number of amidine groups is 1. The lowest BCUT2D eigenvalue weighted by atomic mass is 10.1. The lowest BCUT2D eigenvalue weighted by Crippen LogP contribution is -2.19. The molecule has 0 saturated carbocycles. The van der Waals surface area contributed by atoms with Gasteiger partial charge in [0.25, 0.3) is 11.6 Å². The number of aliphatic imine (C=N–C) groups is 1. The van der Waals surface area contributed by atoms with Gasteiger partial charge < -0.3 is 14.8 Å². The zero-order valence-electron chi connectivity index (χ0n) is 19.4. The van der Waals surface area contributed by atoms with Gasteiger partial charge in [0, 0.05) is 12.1 Å². The molecular weight excluding hydrogens is 466 g/mol. The molecule has 0 unspecified atom stereocenters. The molecule has 0 atom stereocenters. The Morgan fingerprint density at radius 3 is 2.54 bits per heavy atom. The van der Waals surface area contributed by atoms with Gasteiger partial charge in [0.15, 0.2) is 16.7 Å². The van der Waals surface area contributed by atoms with Crippen LogP contribution in [0, 0.1) is 24.0 Å². The van der Waals surface area contributed by atoms with Gasteiger partial charge in [0.1, 0.15) is 6.61 Å². The molecule has 3 aromatic carbocycles. The Hall–Kier alpha value is -4.11. The number of benzene rings is 3. The number of ether oxygens (including phenoxy) is 2. The summed E-state index contributed by atoms with van der Waals surface area (Å²) in [5, 5.41) is 14.1.